The standard InChI is InChI=1S/C28H37NO6.C28H36O6.C24H30N2O6/c1-20(2)26(31)33-15-16-34-27(32)29-19-28(4,5)18-21(3)9-8-12-25(30)35-24-14-13-22-10-6-7-11-23(22)17-24;1-22(2)28(31)33-21-13-20-32-26(29)18-8-6-4-3-5-7-9-19-27(30)34-25-17-12-15-23-14-10-11-16-24(23)25;1-2-22(27)30-16-17-31-23(28)25-14-8-4-3-5-9-15-26-24(29)32-21-13-12-19-10-6-7-11-20(19)18-21/h6-7,10-11,13-14,17,21H,1,8-9,12,15-16,18-19H2,2-5H3,(H,29,32);10-12,14-17H,1,3-9,13,18-21H2,2H3;2,6-7,10-13,18H,1,3-5,8-9,14-17H2,(H,25,28)(H,26,29). The van der Waals surface area contributed by atoms with Crippen molar-refractivity contribution >= 4 is 86.4 Å². The fourth-order valence-electron chi connectivity index (χ4n) is 10.3. The number of hydrogen-bond donors (Lipinski definition) is 3. The molecular weight excluding hydrogens is 1290 g/mol. The molecule has 0 saturated heterocycles. The first kappa shape index (κ1) is 83.4. The second-order valence-electron chi connectivity index (χ2n) is 25.2. The second-order valence-corrected chi connectivity index (χ2v) is 25.2. The van der Waals surface area contributed by atoms with Crippen molar-refractivity contribution in [1.29, 1.82) is 0 Å². The van der Waals surface area contributed by atoms with Crippen LogP contribution in [-0.4, -0.2) is 113 Å². The van der Waals surface area contributed by atoms with E-state index in [9.17, 15) is 43.2 Å². The molecule has 0 bridgehead atoms. The number of nitrogens with one attached hydrogen (secondary N) is 3. The van der Waals surface area contributed by atoms with Crippen molar-refractivity contribution in [3.05, 3.63) is 164 Å². The number of rotatable bonds is 42. The highest BCUT2D eigenvalue weighted by molar-refractivity contribution is 5.91. The molecule has 6 rings (SSSR count). The van der Waals surface area contributed by atoms with E-state index in [0.717, 1.165) is 135 Å². The van der Waals surface area contributed by atoms with Crippen LogP contribution < -0.4 is 30.2 Å². The summed E-state index contributed by atoms with van der Waals surface area (Å²) < 4.78 is 45.9. The molecule has 0 heterocycles. The molecule has 21 heteroatoms. The largest absolute Gasteiger partial charge is 0.466 e. The van der Waals surface area contributed by atoms with E-state index in [-0.39, 0.29) is 63.0 Å². The Bertz CT molecular complexity index is 3610. The van der Waals surface area contributed by atoms with Gasteiger partial charge in [-0.3, -0.25) is 14.4 Å². The van der Waals surface area contributed by atoms with Gasteiger partial charge in [-0.2, -0.15) is 0 Å². The number of ether oxygens (including phenoxy) is 9. The van der Waals surface area contributed by atoms with Gasteiger partial charge in [-0.05, 0) is 121 Å². The Morgan fingerprint density at radius 2 is 0.871 bits per heavy atom. The van der Waals surface area contributed by atoms with Crippen LogP contribution in [0.3, 0.4) is 0 Å². The average Bonchev–Trinajstić information content (AvgIpc) is 0.848. The van der Waals surface area contributed by atoms with Crippen molar-refractivity contribution in [1.82, 2.24) is 16.0 Å². The Labute approximate surface area is 594 Å². The summed E-state index contributed by atoms with van der Waals surface area (Å²) in [6, 6.07) is 40.6. The summed E-state index contributed by atoms with van der Waals surface area (Å²) in [5.41, 5.74) is 0.514. The van der Waals surface area contributed by atoms with E-state index in [0.29, 0.717) is 79.6 Å². The highest BCUT2D eigenvalue weighted by atomic mass is 16.6. The molecule has 0 aromatic heterocycles. The molecule has 1 unspecified atom stereocenters. The summed E-state index contributed by atoms with van der Waals surface area (Å²) in [5, 5.41) is 14.4. The van der Waals surface area contributed by atoms with Crippen LogP contribution in [0.15, 0.2) is 164 Å². The van der Waals surface area contributed by atoms with Crippen LogP contribution in [0.25, 0.3) is 32.3 Å². The molecule has 0 aliphatic rings. The fraction of sp³-hybridized carbons (Fsp3) is 0.438. The number of esters is 6. The monoisotopic (exact) mass is 1390 g/mol. The highest BCUT2D eigenvalue weighted by Crippen LogP contribution is 2.29. The fourth-order valence-corrected chi connectivity index (χ4v) is 10.3. The smallest absolute Gasteiger partial charge is 0.412 e. The summed E-state index contributed by atoms with van der Waals surface area (Å²) in [6.45, 7) is 21.7. The predicted molar refractivity (Wildman–Crippen MR) is 390 cm³/mol. The number of unbranched alkanes of at least 4 members (excludes halogenated alkanes) is 10. The summed E-state index contributed by atoms with van der Waals surface area (Å²) >= 11 is 0. The number of alkyl carbamates (subject to hydrolysis) is 2. The normalized spacial score (nSPS) is 11.0. The molecule has 0 spiro atoms. The molecule has 1 atom stereocenters. The minimum Gasteiger partial charge on any atom is -0.466 e. The summed E-state index contributed by atoms with van der Waals surface area (Å²) in [6.07, 6.45) is 15.1. The molecule has 0 radical (unpaired) electrons. The van der Waals surface area contributed by atoms with E-state index < -0.39 is 36.2 Å². The number of carbonyl (C=O) groups is 9. The quantitative estimate of drug-likeness (QED) is 0.0106. The van der Waals surface area contributed by atoms with Gasteiger partial charge in [0.1, 0.15) is 43.7 Å². The number of carbonyl (C=O) groups excluding carboxylic acids is 9. The molecule has 101 heavy (non-hydrogen) atoms. The minimum atomic E-state index is -0.550. The molecule has 0 fully saturated rings. The molecule has 3 amide bonds. The van der Waals surface area contributed by atoms with Crippen molar-refractivity contribution in [2.75, 3.05) is 59.3 Å². The van der Waals surface area contributed by atoms with Gasteiger partial charge in [0.25, 0.3) is 0 Å². The van der Waals surface area contributed by atoms with Crippen LogP contribution in [0.2, 0.25) is 0 Å². The van der Waals surface area contributed by atoms with Crippen molar-refractivity contribution in [3.8, 4) is 17.2 Å². The minimum absolute atomic E-state index is 0.00170. The Hall–Kier alpha value is -10.1. The van der Waals surface area contributed by atoms with Gasteiger partial charge < -0.3 is 58.6 Å². The zero-order valence-corrected chi connectivity index (χ0v) is 59.5. The molecule has 6 aromatic rings. The SMILES string of the molecule is C=C(C)C(=O)OCCCOC(=O)CCCCCCCCCC(=O)Oc1cccc2ccccc12.C=C(C)C(=O)OCCOC(=O)NCC(C)(C)CC(C)CCCC(=O)Oc1ccc2ccccc2c1.C=CC(=O)OCCOC(=O)NCCCCCCCNC(=O)Oc1ccc2ccccc2c1. The van der Waals surface area contributed by atoms with Gasteiger partial charge in [0, 0.05) is 67.9 Å². The third-order valence-electron chi connectivity index (χ3n) is 15.5. The molecule has 21 nitrogen and oxygen atoms in total. The van der Waals surface area contributed by atoms with Gasteiger partial charge in [0.15, 0.2) is 0 Å². The predicted octanol–water partition coefficient (Wildman–Crippen LogP) is 16.5. The Kier molecular flexibility index (Phi) is 40.2. The third-order valence-corrected chi connectivity index (χ3v) is 15.5. The van der Waals surface area contributed by atoms with E-state index in [1.807, 2.05) is 121 Å². The lowest BCUT2D eigenvalue weighted by molar-refractivity contribution is -0.145. The zero-order valence-electron chi connectivity index (χ0n) is 59.5. The number of benzene rings is 6. The van der Waals surface area contributed by atoms with Gasteiger partial charge in [-0.15, -0.1) is 0 Å². The first-order chi connectivity index (χ1) is 48.6. The van der Waals surface area contributed by atoms with Crippen LogP contribution in [0.1, 0.15) is 157 Å². The lowest BCUT2D eigenvalue weighted by Gasteiger charge is -2.28. The lowest BCUT2D eigenvalue weighted by atomic mass is 9.81. The summed E-state index contributed by atoms with van der Waals surface area (Å²) in [5.74, 6) is -0.0420. The van der Waals surface area contributed by atoms with Gasteiger partial charge in [0.2, 0.25) is 0 Å². The zero-order chi connectivity index (χ0) is 73.5. The van der Waals surface area contributed by atoms with Crippen LogP contribution in [0.5, 0.6) is 17.2 Å². The molecule has 0 aliphatic heterocycles. The maximum Gasteiger partial charge on any atom is 0.412 e. The number of hydrogen-bond acceptors (Lipinski definition) is 18. The van der Waals surface area contributed by atoms with Crippen LogP contribution in [0, 0.1) is 11.3 Å². The van der Waals surface area contributed by atoms with Gasteiger partial charge in [-0.25, -0.2) is 28.8 Å². The van der Waals surface area contributed by atoms with E-state index in [1.54, 1.807) is 19.9 Å². The van der Waals surface area contributed by atoms with Gasteiger partial charge in [-0.1, -0.05) is 195 Å². The first-order valence-corrected chi connectivity index (χ1v) is 34.8. The molecule has 3 N–H and O–H groups in total. The van der Waals surface area contributed by atoms with E-state index >= 15 is 0 Å². The topological polar surface area (TPSA) is 273 Å². The maximum absolute atomic E-state index is 12.3. The number of amides is 3. The van der Waals surface area contributed by atoms with Crippen molar-refractivity contribution in [3.63, 3.8) is 0 Å². The van der Waals surface area contributed by atoms with Gasteiger partial charge in [0.05, 0.1) is 13.2 Å². The van der Waals surface area contributed by atoms with E-state index in [2.05, 4.69) is 56.5 Å². The van der Waals surface area contributed by atoms with Gasteiger partial charge >= 0.3 is 54.1 Å². The first-order valence-electron chi connectivity index (χ1n) is 34.8. The Morgan fingerprint density at radius 1 is 0.426 bits per heavy atom. The average molecular weight is 1390 g/mol. The van der Waals surface area contributed by atoms with Crippen molar-refractivity contribution in [2.24, 2.45) is 11.3 Å². The number of fused-ring (bicyclic) bond motifs is 3. The summed E-state index contributed by atoms with van der Waals surface area (Å²) in [4.78, 5) is 105. The maximum atomic E-state index is 12.3. The molecule has 6 aromatic carbocycles. The van der Waals surface area contributed by atoms with Crippen molar-refractivity contribution < 1.29 is 85.8 Å². The van der Waals surface area contributed by atoms with Crippen LogP contribution >= 0.6 is 0 Å². The summed E-state index contributed by atoms with van der Waals surface area (Å²) in [7, 11) is 0. The van der Waals surface area contributed by atoms with E-state index in [1.165, 1.54) is 0 Å². The molecule has 0 aliphatic carbocycles. The third kappa shape index (κ3) is 37.6. The van der Waals surface area contributed by atoms with Crippen LogP contribution in [-0.2, 0) is 57.2 Å². The Morgan fingerprint density at radius 3 is 1.46 bits per heavy atom. The molecular formula is C80H103N3O18. The molecule has 546 valence electrons. The second kappa shape index (κ2) is 48.6. The highest BCUT2D eigenvalue weighted by Gasteiger charge is 2.23. The van der Waals surface area contributed by atoms with Crippen LogP contribution in [0.4, 0.5) is 14.4 Å². The van der Waals surface area contributed by atoms with E-state index in [4.69, 9.17) is 42.6 Å². The van der Waals surface area contributed by atoms with Crippen molar-refractivity contribution in [2.45, 2.75) is 157 Å². The lowest BCUT2D eigenvalue weighted by Crippen LogP contribution is -2.35. The molecule has 0 saturated carbocycles. The Balaban J connectivity index is 0.000000322.